The summed E-state index contributed by atoms with van der Waals surface area (Å²) in [4.78, 5) is 23.5. The summed E-state index contributed by atoms with van der Waals surface area (Å²) in [5, 5.41) is 5.01. The smallest absolute Gasteiger partial charge is 0.422 e. The zero-order valence-electron chi connectivity index (χ0n) is 15.4. The van der Waals surface area contributed by atoms with Crippen LogP contribution in [0.5, 0.6) is 11.5 Å². The topological polar surface area (TPSA) is 103 Å². The Morgan fingerprint density at radius 3 is 2.41 bits per heavy atom. The molecule has 0 bridgehead atoms. The van der Waals surface area contributed by atoms with Gasteiger partial charge in [0, 0.05) is 6.54 Å². The number of alkyl halides is 3. The van der Waals surface area contributed by atoms with Gasteiger partial charge in [-0.2, -0.15) is 13.2 Å². The molecule has 0 saturated carbocycles. The monoisotopic (exact) mass is 391 g/mol. The van der Waals surface area contributed by atoms with Crippen molar-refractivity contribution in [1.29, 1.82) is 0 Å². The Morgan fingerprint density at radius 1 is 1.19 bits per heavy atom. The van der Waals surface area contributed by atoms with Crippen LogP contribution in [-0.4, -0.2) is 44.3 Å². The lowest BCUT2D eigenvalue weighted by Gasteiger charge is -2.15. The predicted molar refractivity (Wildman–Crippen MR) is 92.2 cm³/mol. The van der Waals surface area contributed by atoms with Crippen molar-refractivity contribution in [3.05, 3.63) is 23.8 Å². The third-order valence-corrected chi connectivity index (χ3v) is 3.55. The van der Waals surface area contributed by atoms with Crippen LogP contribution >= 0.6 is 0 Å². The molecule has 1 rings (SSSR count). The molecule has 0 fully saturated rings. The van der Waals surface area contributed by atoms with E-state index in [4.69, 9.17) is 10.5 Å². The van der Waals surface area contributed by atoms with E-state index < -0.39 is 30.6 Å². The quantitative estimate of drug-likeness (QED) is 0.590. The molecule has 0 radical (unpaired) electrons. The van der Waals surface area contributed by atoms with Crippen molar-refractivity contribution in [2.75, 3.05) is 20.3 Å². The van der Waals surface area contributed by atoms with Crippen LogP contribution in [-0.2, 0) is 16.1 Å². The van der Waals surface area contributed by atoms with Crippen LogP contribution in [0.2, 0.25) is 0 Å². The van der Waals surface area contributed by atoms with Crippen LogP contribution in [0, 0.1) is 5.92 Å². The first-order chi connectivity index (χ1) is 12.5. The van der Waals surface area contributed by atoms with Gasteiger partial charge in [-0.3, -0.25) is 9.59 Å². The number of benzene rings is 1. The molecule has 1 aromatic carbocycles. The molecule has 1 aromatic rings. The summed E-state index contributed by atoms with van der Waals surface area (Å²) in [6.45, 7) is 2.02. The maximum atomic E-state index is 12.2. The van der Waals surface area contributed by atoms with Gasteiger partial charge in [0.15, 0.2) is 18.1 Å². The van der Waals surface area contributed by atoms with Gasteiger partial charge in [-0.25, -0.2) is 0 Å². The second kappa shape index (κ2) is 10.0. The highest BCUT2D eigenvalue weighted by Gasteiger charge is 2.29. The van der Waals surface area contributed by atoms with Crippen LogP contribution in [0.15, 0.2) is 18.2 Å². The third-order valence-electron chi connectivity index (χ3n) is 3.55. The van der Waals surface area contributed by atoms with E-state index in [1.54, 1.807) is 13.8 Å². The van der Waals surface area contributed by atoms with Gasteiger partial charge in [0.2, 0.25) is 11.8 Å². The molecule has 4 N–H and O–H groups in total. The van der Waals surface area contributed by atoms with Crippen molar-refractivity contribution in [2.24, 2.45) is 11.7 Å². The Kier molecular flexibility index (Phi) is 8.35. The summed E-state index contributed by atoms with van der Waals surface area (Å²) in [7, 11) is 1.30. The highest BCUT2D eigenvalue weighted by atomic mass is 19.4. The Bertz CT molecular complexity index is 651. The largest absolute Gasteiger partial charge is 0.493 e. The fraction of sp³-hybridized carbons (Fsp3) is 0.529. The van der Waals surface area contributed by atoms with Gasteiger partial charge in [-0.05, 0) is 23.6 Å². The van der Waals surface area contributed by atoms with Gasteiger partial charge in [-0.1, -0.05) is 19.9 Å². The summed E-state index contributed by atoms with van der Waals surface area (Å²) in [5.74, 6) is -0.857. The molecule has 27 heavy (non-hydrogen) atoms. The molecule has 1 atom stereocenters. The zero-order valence-corrected chi connectivity index (χ0v) is 15.4. The lowest BCUT2D eigenvalue weighted by Crippen LogP contribution is -2.47. The Balaban J connectivity index is 2.54. The van der Waals surface area contributed by atoms with Crippen molar-refractivity contribution in [1.82, 2.24) is 10.6 Å². The standard InChI is InChI=1S/C17H24F3N3O4/c1-10(2)15(21)16(25)23-8-14(24)22-7-11-4-5-12(13(6-11)26-3)27-9-17(18,19)20/h4-6,10,15H,7-9,21H2,1-3H3,(H,22,24)(H,23,25)/t15-/m0/s1. The number of nitrogens with two attached hydrogens (primary N) is 1. The number of carbonyl (C=O) groups excluding carboxylic acids is 2. The Hall–Kier alpha value is -2.49. The first-order valence-electron chi connectivity index (χ1n) is 8.20. The molecule has 0 unspecified atom stereocenters. The maximum Gasteiger partial charge on any atom is 0.422 e. The zero-order chi connectivity index (χ0) is 20.6. The molecule has 0 spiro atoms. The summed E-state index contributed by atoms with van der Waals surface area (Å²) in [6.07, 6.45) is -4.46. The molecule has 0 heterocycles. The van der Waals surface area contributed by atoms with Crippen molar-refractivity contribution >= 4 is 11.8 Å². The Morgan fingerprint density at radius 2 is 1.85 bits per heavy atom. The molecule has 152 valence electrons. The van der Waals surface area contributed by atoms with Crippen LogP contribution in [0.1, 0.15) is 19.4 Å². The molecule has 10 heteroatoms. The average Bonchev–Trinajstić information content (AvgIpc) is 2.61. The molecule has 2 amide bonds. The number of halogens is 3. The normalized spacial score (nSPS) is 12.4. The van der Waals surface area contributed by atoms with Gasteiger partial charge >= 0.3 is 6.18 Å². The number of rotatable bonds is 9. The van der Waals surface area contributed by atoms with E-state index >= 15 is 0 Å². The lowest BCUT2D eigenvalue weighted by molar-refractivity contribution is -0.153. The van der Waals surface area contributed by atoms with Crippen LogP contribution < -0.4 is 25.8 Å². The predicted octanol–water partition coefficient (Wildman–Crippen LogP) is 1.35. The van der Waals surface area contributed by atoms with E-state index in [-0.39, 0.29) is 30.5 Å². The van der Waals surface area contributed by atoms with Gasteiger partial charge in [0.1, 0.15) is 0 Å². The van der Waals surface area contributed by atoms with Crippen LogP contribution in [0.4, 0.5) is 13.2 Å². The van der Waals surface area contributed by atoms with E-state index in [0.29, 0.717) is 5.56 Å². The van der Waals surface area contributed by atoms with Gasteiger partial charge in [0.05, 0.1) is 19.7 Å². The molecule has 0 saturated heterocycles. The number of amides is 2. The number of hydrogen-bond acceptors (Lipinski definition) is 5. The number of hydrogen-bond donors (Lipinski definition) is 3. The van der Waals surface area contributed by atoms with Gasteiger partial charge < -0.3 is 25.8 Å². The van der Waals surface area contributed by atoms with Gasteiger partial charge in [0.25, 0.3) is 0 Å². The van der Waals surface area contributed by atoms with Gasteiger partial charge in [-0.15, -0.1) is 0 Å². The minimum Gasteiger partial charge on any atom is -0.493 e. The summed E-state index contributed by atoms with van der Waals surface area (Å²) in [5.41, 5.74) is 6.26. The number of ether oxygens (including phenoxy) is 2. The fourth-order valence-corrected chi connectivity index (χ4v) is 1.95. The number of nitrogens with one attached hydrogen (secondary N) is 2. The van der Waals surface area contributed by atoms with E-state index in [1.807, 2.05) is 0 Å². The fourth-order valence-electron chi connectivity index (χ4n) is 1.95. The lowest BCUT2D eigenvalue weighted by atomic mass is 10.1. The molecule has 7 nitrogen and oxygen atoms in total. The van der Waals surface area contributed by atoms with E-state index in [9.17, 15) is 22.8 Å². The number of carbonyl (C=O) groups is 2. The molecule has 0 aliphatic rings. The van der Waals surface area contributed by atoms with Crippen molar-refractivity contribution in [3.63, 3.8) is 0 Å². The van der Waals surface area contributed by atoms with Crippen LogP contribution in [0.3, 0.4) is 0 Å². The summed E-state index contributed by atoms with van der Waals surface area (Å²) in [6, 6.07) is 3.59. The molecular weight excluding hydrogens is 367 g/mol. The minimum atomic E-state index is -4.46. The summed E-state index contributed by atoms with van der Waals surface area (Å²) < 4.78 is 46.4. The van der Waals surface area contributed by atoms with Crippen molar-refractivity contribution < 1.29 is 32.2 Å². The third kappa shape index (κ3) is 8.16. The van der Waals surface area contributed by atoms with E-state index in [1.165, 1.54) is 25.3 Å². The Labute approximate surface area is 155 Å². The van der Waals surface area contributed by atoms with Crippen molar-refractivity contribution in [3.8, 4) is 11.5 Å². The van der Waals surface area contributed by atoms with Crippen molar-refractivity contribution in [2.45, 2.75) is 32.6 Å². The van der Waals surface area contributed by atoms with E-state index in [2.05, 4.69) is 15.4 Å². The highest BCUT2D eigenvalue weighted by molar-refractivity contribution is 5.87. The average molecular weight is 391 g/mol. The molecule has 0 aromatic heterocycles. The first-order valence-corrected chi connectivity index (χ1v) is 8.20. The molecule has 0 aliphatic carbocycles. The van der Waals surface area contributed by atoms with E-state index in [0.717, 1.165) is 0 Å². The minimum absolute atomic E-state index is 0.0557. The highest BCUT2D eigenvalue weighted by Crippen LogP contribution is 2.29. The first kappa shape index (κ1) is 22.6. The SMILES string of the molecule is COc1cc(CNC(=O)CNC(=O)[C@@H](N)C(C)C)ccc1OCC(F)(F)F. The summed E-state index contributed by atoms with van der Waals surface area (Å²) >= 11 is 0. The van der Waals surface area contributed by atoms with Crippen LogP contribution in [0.25, 0.3) is 0 Å². The maximum absolute atomic E-state index is 12.2. The molecule has 0 aliphatic heterocycles. The number of methoxy groups -OCH3 is 1. The molecular formula is C17H24F3N3O4. The second-order valence-corrected chi connectivity index (χ2v) is 6.15. The second-order valence-electron chi connectivity index (χ2n) is 6.15.